The molecule has 3 rings (SSSR count). The van der Waals surface area contributed by atoms with Crippen molar-refractivity contribution >= 4 is 23.2 Å². The first kappa shape index (κ1) is 14.6. The molecule has 1 unspecified atom stereocenters. The zero-order valence-corrected chi connectivity index (χ0v) is 13.3. The van der Waals surface area contributed by atoms with Gasteiger partial charge < -0.3 is 9.80 Å². The quantitative estimate of drug-likeness (QED) is 0.861. The molecule has 1 aromatic heterocycles. The normalized spacial score (nSPS) is 23.0. The Balaban J connectivity index is 1.55. The van der Waals surface area contributed by atoms with Crippen molar-refractivity contribution in [3.05, 3.63) is 22.4 Å². The molecule has 0 saturated carbocycles. The lowest BCUT2D eigenvalue weighted by molar-refractivity contribution is -0.143. The van der Waals surface area contributed by atoms with Crippen molar-refractivity contribution in [3.8, 4) is 0 Å². The van der Waals surface area contributed by atoms with Crippen molar-refractivity contribution in [2.45, 2.75) is 38.6 Å². The topological polar surface area (TPSA) is 40.6 Å². The highest BCUT2D eigenvalue weighted by Gasteiger charge is 2.40. The van der Waals surface area contributed by atoms with E-state index in [0.717, 1.165) is 30.7 Å². The third kappa shape index (κ3) is 2.84. The van der Waals surface area contributed by atoms with Gasteiger partial charge in [-0.15, -0.1) is 11.3 Å². The molecular weight excluding hydrogens is 284 g/mol. The average molecular weight is 306 g/mol. The van der Waals surface area contributed by atoms with Crippen LogP contribution in [0.15, 0.2) is 17.5 Å². The predicted molar refractivity (Wildman–Crippen MR) is 83.4 cm³/mol. The monoisotopic (exact) mass is 306 g/mol. The molecule has 0 N–H and O–H groups in total. The maximum absolute atomic E-state index is 12.6. The van der Waals surface area contributed by atoms with E-state index in [2.05, 4.69) is 11.8 Å². The number of carbonyl (C=O) groups is 2. The maximum Gasteiger partial charge on any atom is 0.263 e. The maximum atomic E-state index is 12.6. The zero-order chi connectivity index (χ0) is 14.8. The lowest BCUT2D eigenvalue weighted by Crippen LogP contribution is -2.58. The lowest BCUT2D eigenvalue weighted by atomic mass is 9.93. The van der Waals surface area contributed by atoms with Gasteiger partial charge in [-0.3, -0.25) is 9.59 Å². The van der Waals surface area contributed by atoms with Crippen LogP contribution in [0, 0.1) is 5.92 Å². The second-order valence-electron chi connectivity index (χ2n) is 5.97. The highest BCUT2D eigenvalue weighted by atomic mass is 32.1. The highest BCUT2D eigenvalue weighted by molar-refractivity contribution is 7.12. The van der Waals surface area contributed by atoms with Gasteiger partial charge in [-0.2, -0.15) is 0 Å². The van der Waals surface area contributed by atoms with E-state index in [-0.39, 0.29) is 17.7 Å². The largest absolute Gasteiger partial charge is 0.339 e. The smallest absolute Gasteiger partial charge is 0.263 e. The fourth-order valence-corrected chi connectivity index (χ4v) is 4.00. The van der Waals surface area contributed by atoms with Crippen LogP contribution in [0.4, 0.5) is 0 Å². The van der Waals surface area contributed by atoms with Crippen LogP contribution < -0.4 is 0 Å². The summed E-state index contributed by atoms with van der Waals surface area (Å²) >= 11 is 1.46. The molecule has 1 aromatic rings. The molecule has 3 heterocycles. The van der Waals surface area contributed by atoms with Gasteiger partial charge in [0.15, 0.2) is 0 Å². The first-order valence-corrected chi connectivity index (χ1v) is 8.72. The molecule has 0 radical (unpaired) electrons. The summed E-state index contributed by atoms with van der Waals surface area (Å²) in [5.41, 5.74) is 0. The minimum Gasteiger partial charge on any atom is -0.339 e. The predicted octanol–water partition coefficient (Wildman–Crippen LogP) is 2.61. The van der Waals surface area contributed by atoms with Gasteiger partial charge in [0, 0.05) is 25.7 Å². The van der Waals surface area contributed by atoms with Crippen LogP contribution in [0.1, 0.15) is 42.3 Å². The number of hydrogen-bond donors (Lipinski definition) is 0. The van der Waals surface area contributed by atoms with Crippen LogP contribution in [0.2, 0.25) is 0 Å². The first-order chi connectivity index (χ1) is 10.2. The number of amides is 2. The van der Waals surface area contributed by atoms with Crippen LogP contribution in [-0.2, 0) is 4.79 Å². The van der Waals surface area contributed by atoms with Crippen molar-refractivity contribution in [2.75, 3.05) is 19.6 Å². The van der Waals surface area contributed by atoms with E-state index in [4.69, 9.17) is 0 Å². The van der Waals surface area contributed by atoms with E-state index in [0.29, 0.717) is 19.1 Å². The average Bonchev–Trinajstić information content (AvgIpc) is 2.99. The van der Waals surface area contributed by atoms with E-state index < -0.39 is 0 Å². The van der Waals surface area contributed by atoms with Gasteiger partial charge in [0.05, 0.1) is 10.8 Å². The summed E-state index contributed by atoms with van der Waals surface area (Å²) in [7, 11) is 0. The molecule has 2 aliphatic rings. The van der Waals surface area contributed by atoms with Crippen LogP contribution >= 0.6 is 11.3 Å². The van der Waals surface area contributed by atoms with Gasteiger partial charge in [-0.25, -0.2) is 0 Å². The molecule has 114 valence electrons. The molecule has 0 aliphatic carbocycles. The van der Waals surface area contributed by atoms with Crippen LogP contribution in [-0.4, -0.2) is 47.3 Å². The van der Waals surface area contributed by atoms with Crippen molar-refractivity contribution in [2.24, 2.45) is 5.92 Å². The number of nitrogens with zero attached hydrogens (tertiary/aromatic N) is 2. The molecular formula is C16H22N2O2S. The number of likely N-dealkylation sites (tertiary alicyclic amines) is 2. The van der Waals surface area contributed by atoms with E-state index >= 15 is 0 Å². The minimum absolute atomic E-state index is 0.0149. The molecule has 2 saturated heterocycles. The number of hydrogen-bond acceptors (Lipinski definition) is 3. The summed E-state index contributed by atoms with van der Waals surface area (Å²) in [5.74, 6) is 0.345. The Morgan fingerprint density at radius 3 is 2.81 bits per heavy atom. The summed E-state index contributed by atoms with van der Waals surface area (Å²) in [5, 5.41) is 1.91. The van der Waals surface area contributed by atoms with Gasteiger partial charge in [0.2, 0.25) is 5.91 Å². The summed E-state index contributed by atoms with van der Waals surface area (Å²) in [6, 6.07) is 4.15. The van der Waals surface area contributed by atoms with Gasteiger partial charge in [-0.05, 0) is 37.1 Å². The summed E-state index contributed by atoms with van der Waals surface area (Å²) in [4.78, 5) is 29.4. The summed E-state index contributed by atoms with van der Waals surface area (Å²) in [6.45, 7) is 4.22. The number of rotatable bonds is 3. The summed E-state index contributed by atoms with van der Waals surface area (Å²) < 4.78 is 0. The van der Waals surface area contributed by atoms with E-state index in [1.54, 1.807) is 4.90 Å². The molecule has 1 atom stereocenters. The Morgan fingerprint density at radius 1 is 1.33 bits per heavy atom. The van der Waals surface area contributed by atoms with Gasteiger partial charge in [0.25, 0.3) is 5.91 Å². The molecule has 2 amide bonds. The SMILES string of the molecule is CCC1CCCCN1C(=O)C1CN(C(=O)c2cccs2)C1. The fourth-order valence-electron chi connectivity index (χ4n) is 3.31. The Labute approximate surface area is 129 Å². The lowest BCUT2D eigenvalue weighted by Gasteiger charge is -2.43. The molecule has 2 fully saturated rings. The minimum atomic E-state index is 0.0149. The van der Waals surface area contributed by atoms with Gasteiger partial charge in [-0.1, -0.05) is 13.0 Å². The zero-order valence-electron chi connectivity index (χ0n) is 12.5. The molecule has 5 heteroatoms. The number of thiophene rings is 1. The molecule has 0 bridgehead atoms. The highest BCUT2D eigenvalue weighted by Crippen LogP contribution is 2.27. The van der Waals surface area contributed by atoms with Crippen molar-refractivity contribution in [1.29, 1.82) is 0 Å². The molecule has 0 spiro atoms. The summed E-state index contributed by atoms with van der Waals surface area (Å²) in [6.07, 6.45) is 4.52. The third-order valence-corrected chi connectivity index (χ3v) is 5.49. The standard InChI is InChI=1S/C16H22N2O2S/c1-2-13-6-3-4-8-18(13)15(19)12-10-17(11-12)16(20)14-7-5-9-21-14/h5,7,9,12-13H,2-4,6,8,10-11H2,1H3. The van der Waals surface area contributed by atoms with Crippen molar-refractivity contribution in [1.82, 2.24) is 9.80 Å². The molecule has 21 heavy (non-hydrogen) atoms. The Morgan fingerprint density at radius 2 is 2.14 bits per heavy atom. The number of piperidine rings is 1. The van der Waals surface area contributed by atoms with E-state index in [1.165, 1.54) is 17.8 Å². The van der Waals surface area contributed by atoms with Crippen molar-refractivity contribution in [3.63, 3.8) is 0 Å². The molecule has 0 aromatic carbocycles. The van der Waals surface area contributed by atoms with Crippen LogP contribution in [0.5, 0.6) is 0 Å². The Bertz CT molecular complexity index is 508. The van der Waals surface area contributed by atoms with Gasteiger partial charge in [0.1, 0.15) is 0 Å². The number of carbonyl (C=O) groups excluding carboxylic acids is 2. The van der Waals surface area contributed by atoms with E-state index in [1.807, 2.05) is 17.5 Å². The second-order valence-corrected chi connectivity index (χ2v) is 6.92. The van der Waals surface area contributed by atoms with Crippen LogP contribution in [0.3, 0.4) is 0 Å². The van der Waals surface area contributed by atoms with Crippen LogP contribution in [0.25, 0.3) is 0 Å². The Kier molecular flexibility index (Phi) is 4.29. The second kappa shape index (κ2) is 6.18. The first-order valence-electron chi connectivity index (χ1n) is 7.84. The van der Waals surface area contributed by atoms with Gasteiger partial charge >= 0.3 is 0 Å². The molecule has 4 nitrogen and oxygen atoms in total. The molecule has 2 aliphatic heterocycles. The Hall–Kier alpha value is -1.36. The fraction of sp³-hybridized carbons (Fsp3) is 0.625. The van der Waals surface area contributed by atoms with E-state index in [9.17, 15) is 9.59 Å². The van der Waals surface area contributed by atoms with Crippen molar-refractivity contribution < 1.29 is 9.59 Å². The third-order valence-electron chi connectivity index (χ3n) is 4.63.